The van der Waals surface area contributed by atoms with Gasteiger partial charge in [0.1, 0.15) is 5.75 Å². The number of fused-ring (bicyclic) bond motifs is 1. The number of rotatable bonds is 5. The number of nitrogens with one attached hydrogen (secondary N) is 1. The Hall–Kier alpha value is -3.19. The third-order valence-electron chi connectivity index (χ3n) is 5.38. The first-order chi connectivity index (χ1) is 14.1. The number of hydrogen-bond acceptors (Lipinski definition) is 5. The number of carbonyl (C=O) groups is 1. The van der Waals surface area contributed by atoms with Crippen molar-refractivity contribution in [2.45, 2.75) is 13.0 Å². The zero-order chi connectivity index (χ0) is 20.2. The number of amides is 1. The van der Waals surface area contributed by atoms with Crippen molar-refractivity contribution in [1.29, 1.82) is 0 Å². The highest BCUT2D eigenvalue weighted by atomic mass is 16.5. The average molecular weight is 392 g/mol. The fourth-order valence-corrected chi connectivity index (χ4v) is 3.71. The normalized spacial score (nSPS) is 14.9. The maximum atomic E-state index is 12.8. The van der Waals surface area contributed by atoms with Crippen molar-refractivity contribution < 1.29 is 9.53 Å². The van der Waals surface area contributed by atoms with Crippen LogP contribution >= 0.6 is 0 Å². The van der Waals surface area contributed by atoms with E-state index in [9.17, 15) is 9.59 Å². The highest BCUT2D eigenvalue weighted by Crippen LogP contribution is 2.16. The molecule has 2 heterocycles. The molecule has 1 aliphatic rings. The monoisotopic (exact) mass is 392 g/mol. The lowest BCUT2D eigenvalue weighted by atomic mass is 10.1. The van der Waals surface area contributed by atoms with Crippen molar-refractivity contribution in [3.8, 4) is 5.75 Å². The van der Waals surface area contributed by atoms with Crippen molar-refractivity contribution in [3.63, 3.8) is 0 Å². The van der Waals surface area contributed by atoms with Gasteiger partial charge in [-0.15, -0.1) is 0 Å². The van der Waals surface area contributed by atoms with Gasteiger partial charge in [0.15, 0.2) is 0 Å². The van der Waals surface area contributed by atoms with Crippen LogP contribution in [-0.2, 0) is 17.8 Å². The third-order valence-corrected chi connectivity index (χ3v) is 5.38. The van der Waals surface area contributed by atoms with Gasteiger partial charge < -0.3 is 9.64 Å². The van der Waals surface area contributed by atoms with Crippen molar-refractivity contribution >= 4 is 16.7 Å². The summed E-state index contributed by atoms with van der Waals surface area (Å²) >= 11 is 0. The molecule has 1 aromatic heterocycles. The summed E-state index contributed by atoms with van der Waals surface area (Å²) < 4.78 is 5.20. The van der Waals surface area contributed by atoms with Gasteiger partial charge in [0.05, 0.1) is 24.6 Å². The fourth-order valence-electron chi connectivity index (χ4n) is 3.71. The van der Waals surface area contributed by atoms with Gasteiger partial charge in [0.2, 0.25) is 5.91 Å². The molecule has 0 unspecified atom stereocenters. The van der Waals surface area contributed by atoms with Crippen molar-refractivity contribution in [2.75, 3.05) is 33.3 Å². The Kier molecular flexibility index (Phi) is 5.57. The van der Waals surface area contributed by atoms with Gasteiger partial charge in [-0.3, -0.25) is 14.5 Å². The Labute approximate surface area is 168 Å². The first kappa shape index (κ1) is 19.1. The van der Waals surface area contributed by atoms with E-state index in [0.29, 0.717) is 24.2 Å². The molecule has 1 aliphatic heterocycles. The van der Waals surface area contributed by atoms with Crippen LogP contribution in [0.5, 0.6) is 5.75 Å². The Balaban J connectivity index is 1.36. The standard InChI is InChI=1S/C22H24N4O3/c1-29-17-8-6-16(7-9-17)15-25-10-12-26(13-11-25)21(27)14-20-18-4-2-3-5-19(18)22(28)24-23-20/h2-9H,10-15H2,1H3,(H,24,28). The Morgan fingerprint density at radius 3 is 2.41 bits per heavy atom. The van der Waals surface area contributed by atoms with Crippen LogP contribution < -0.4 is 10.3 Å². The predicted octanol–water partition coefficient (Wildman–Crippen LogP) is 1.82. The van der Waals surface area contributed by atoms with Gasteiger partial charge in [0, 0.05) is 38.1 Å². The summed E-state index contributed by atoms with van der Waals surface area (Å²) in [5.74, 6) is 0.895. The summed E-state index contributed by atoms with van der Waals surface area (Å²) in [6.45, 7) is 3.90. The second-order valence-corrected chi connectivity index (χ2v) is 7.23. The number of ether oxygens (including phenoxy) is 1. The zero-order valence-electron chi connectivity index (χ0n) is 16.4. The lowest BCUT2D eigenvalue weighted by Gasteiger charge is -2.34. The summed E-state index contributed by atoms with van der Waals surface area (Å²) in [5.41, 5.74) is 1.62. The first-order valence-electron chi connectivity index (χ1n) is 9.73. The van der Waals surface area contributed by atoms with Gasteiger partial charge in [-0.25, -0.2) is 5.10 Å². The number of carbonyl (C=O) groups excluding carboxylic acids is 1. The Morgan fingerprint density at radius 1 is 1.03 bits per heavy atom. The molecule has 0 aliphatic carbocycles. The van der Waals surface area contributed by atoms with E-state index < -0.39 is 0 Å². The molecule has 7 nitrogen and oxygen atoms in total. The van der Waals surface area contributed by atoms with Crippen LogP contribution in [0.2, 0.25) is 0 Å². The SMILES string of the molecule is COc1ccc(CN2CCN(C(=O)Cc3n[nH]c(=O)c4ccccc34)CC2)cc1. The summed E-state index contributed by atoms with van der Waals surface area (Å²) in [5, 5.41) is 7.92. The Morgan fingerprint density at radius 2 is 1.72 bits per heavy atom. The number of nitrogens with zero attached hydrogens (tertiary/aromatic N) is 3. The van der Waals surface area contributed by atoms with E-state index in [1.165, 1.54) is 5.56 Å². The average Bonchev–Trinajstić information content (AvgIpc) is 2.77. The van der Waals surface area contributed by atoms with E-state index in [0.717, 1.165) is 30.8 Å². The summed E-state index contributed by atoms with van der Waals surface area (Å²) in [7, 11) is 1.66. The van der Waals surface area contributed by atoms with Gasteiger partial charge in [-0.1, -0.05) is 30.3 Å². The van der Waals surface area contributed by atoms with Crippen LogP contribution in [0.3, 0.4) is 0 Å². The van der Waals surface area contributed by atoms with Crippen LogP contribution in [0, 0.1) is 0 Å². The third kappa shape index (κ3) is 4.30. The first-order valence-corrected chi connectivity index (χ1v) is 9.73. The van der Waals surface area contributed by atoms with Gasteiger partial charge in [-0.05, 0) is 23.8 Å². The Bertz CT molecular complexity index is 1050. The lowest BCUT2D eigenvalue weighted by Crippen LogP contribution is -2.48. The smallest absolute Gasteiger partial charge is 0.272 e. The molecule has 3 aromatic rings. The highest BCUT2D eigenvalue weighted by molar-refractivity contribution is 5.88. The largest absolute Gasteiger partial charge is 0.497 e. The summed E-state index contributed by atoms with van der Waals surface area (Å²) in [6, 6.07) is 15.3. The number of methoxy groups -OCH3 is 1. The molecule has 1 saturated heterocycles. The van der Waals surface area contributed by atoms with Crippen molar-refractivity contribution in [2.24, 2.45) is 0 Å². The van der Waals surface area contributed by atoms with Crippen LogP contribution in [0.15, 0.2) is 53.3 Å². The zero-order valence-corrected chi connectivity index (χ0v) is 16.4. The van der Waals surface area contributed by atoms with E-state index >= 15 is 0 Å². The molecule has 0 atom stereocenters. The molecule has 1 amide bonds. The van der Waals surface area contributed by atoms with Crippen LogP contribution in [0.25, 0.3) is 10.8 Å². The molecule has 0 radical (unpaired) electrons. The molecule has 2 aromatic carbocycles. The van der Waals surface area contributed by atoms with Crippen molar-refractivity contribution in [3.05, 3.63) is 70.1 Å². The molecule has 29 heavy (non-hydrogen) atoms. The minimum absolute atomic E-state index is 0.0406. The molecule has 150 valence electrons. The van der Waals surface area contributed by atoms with E-state index in [1.54, 1.807) is 13.2 Å². The van der Waals surface area contributed by atoms with Crippen molar-refractivity contribution in [1.82, 2.24) is 20.0 Å². The number of aromatic nitrogens is 2. The molecule has 7 heteroatoms. The second-order valence-electron chi connectivity index (χ2n) is 7.23. The van der Waals surface area contributed by atoms with Crippen LogP contribution in [0.4, 0.5) is 0 Å². The van der Waals surface area contributed by atoms with Gasteiger partial charge in [0.25, 0.3) is 5.56 Å². The molecular weight excluding hydrogens is 368 g/mol. The minimum Gasteiger partial charge on any atom is -0.497 e. The summed E-state index contributed by atoms with van der Waals surface area (Å²) in [6.07, 6.45) is 0.190. The maximum Gasteiger partial charge on any atom is 0.272 e. The number of piperazine rings is 1. The van der Waals surface area contributed by atoms with E-state index in [-0.39, 0.29) is 17.9 Å². The maximum absolute atomic E-state index is 12.8. The summed E-state index contributed by atoms with van der Waals surface area (Å²) in [4.78, 5) is 28.9. The molecule has 4 rings (SSSR count). The number of aromatic amines is 1. The minimum atomic E-state index is -0.232. The van der Waals surface area contributed by atoms with Crippen LogP contribution in [-0.4, -0.2) is 59.2 Å². The molecule has 1 fully saturated rings. The molecule has 0 spiro atoms. The van der Waals surface area contributed by atoms with Gasteiger partial charge >= 0.3 is 0 Å². The number of H-pyrrole nitrogens is 1. The van der Waals surface area contributed by atoms with Gasteiger partial charge in [-0.2, -0.15) is 5.10 Å². The molecule has 0 bridgehead atoms. The second kappa shape index (κ2) is 8.45. The molecule has 0 saturated carbocycles. The fraction of sp³-hybridized carbons (Fsp3) is 0.318. The molecule has 1 N–H and O–H groups in total. The van der Waals surface area contributed by atoms with Crippen LogP contribution in [0.1, 0.15) is 11.3 Å². The van der Waals surface area contributed by atoms with E-state index in [4.69, 9.17) is 4.74 Å². The highest BCUT2D eigenvalue weighted by Gasteiger charge is 2.22. The quantitative estimate of drug-likeness (QED) is 0.717. The topological polar surface area (TPSA) is 78.5 Å². The molecular formula is C22H24N4O3. The van der Waals surface area contributed by atoms with E-state index in [2.05, 4.69) is 27.2 Å². The van der Waals surface area contributed by atoms with E-state index in [1.807, 2.05) is 35.2 Å². The lowest BCUT2D eigenvalue weighted by molar-refractivity contribution is -0.132. The number of benzene rings is 2. The number of hydrogen-bond donors (Lipinski definition) is 1. The predicted molar refractivity (Wildman–Crippen MR) is 111 cm³/mol.